The third-order valence-corrected chi connectivity index (χ3v) is 7.92. The van der Waals surface area contributed by atoms with E-state index in [1.54, 1.807) is 29.2 Å². The number of sulfonamides is 1. The van der Waals surface area contributed by atoms with Gasteiger partial charge >= 0.3 is 0 Å². The number of anilines is 1. The van der Waals surface area contributed by atoms with Gasteiger partial charge in [0.05, 0.1) is 18.6 Å². The molecule has 0 spiro atoms. The molecule has 0 unspecified atom stereocenters. The number of ether oxygens (including phenoxy) is 1. The molecule has 0 aliphatic carbocycles. The molecular weight excluding hydrogens is 550 g/mol. The molecule has 0 aliphatic rings. The van der Waals surface area contributed by atoms with Gasteiger partial charge in [-0.25, -0.2) is 8.42 Å². The summed E-state index contributed by atoms with van der Waals surface area (Å²) in [5.41, 5.74) is 3.43. The van der Waals surface area contributed by atoms with E-state index < -0.39 is 16.1 Å². The van der Waals surface area contributed by atoms with Crippen LogP contribution in [-0.4, -0.2) is 56.6 Å². The van der Waals surface area contributed by atoms with Crippen LogP contribution in [0, 0.1) is 6.92 Å². The van der Waals surface area contributed by atoms with Crippen LogP contribution in [0.3, 0.4) is 0 Å². The van der Waals surface area contributed by atoms with Crippen molar-refractivity contribution in [3.63, 3.8) is 0 Å². The summed E-state index contributed by atoms with van der Waals surface area (Å²) in [6.07, 6.45) is 1.88. The molecule has 1 atom stereocenters. The fourth-order valence-electron chi connectivity index (χ4n) is 4.82. The van der Waals surface area contributed by atoms with E-state index in [-0.39, 0.29) is 43.8 Å². The summed E-state index contributed by atoms with van der Waals surface area (Å²) in [4.78, 5) is 29.1. The summed E-state index contributed by atoms with van der Waals surface area (Å²) in [7, 11) is -3.60. The number of nitrogens with one attached hydrogen (secondary N) is 1. The third kappa shape index (κ3) is 9.91. The van der Waals surface area contributed by atoms with Crippen LogP contribution in [0.2, 0.25) is 0 Å². The second-order valence-electron chi connectivity index (χ2n) is 10.7. The Morgan fingerprint density at radius 1 is 0.929 bits per heavy atom. The van der Waals surface area contributed by atoms with Crippen LogP contribution in [-0.2, 0) is 32.6 Å². The zero-order valence-electron chi connectivity index (χ0n) is 25.2. The van der Waals surface area contributed by atoms with Gasteiger partial charge in [-0.3, -0.25) is 13.9 Å². The molecule has 1 N–H and O–H groups in total. The van der Waals surface area contributed by atoms with E-state index in [4.69, 9.17) is 4.74 Å². The molecule has 8 nitrogen and oxygen atoms in total. The van der Waals surface area contributed by atoms with Gasteiger partial charge in [0, 0.05) is 32.0 Å². The van der Waals surface area contributed by atoms with Crippen LogP contribution in [0.1, 0.15) is 50.3 Å². The maximum atomic E-state index is 13.9. The highest BCUT2D eigenvalue weighted by atomic mass is 32.2. The molecule has 3 rings (SSSR count). The van der Waals surface area contributed by atoms with Crippen LogP contribution >= 0.6 is 0 Å². The lowest BCUT2D eigenvalue weighted by molar-refractivity contribution is -0.141. The zero-order valence-corrected chi connectivity index (χ0v) is 26.1. The Hall–Kier alpha value is -3.85. The Morgan fingerprint density at radius 3 is 2.19 bits per heavy atom. The third-order valence-electron chi connectivity index (χ3n) is 6.73. The molecule has 9 heteroatoms. The topological polar surface area (TPSA) is 96.0 Å². The van der Waals surface area contributed by atoms with E-state index in [2.05, 4.69) is 5.32 Å². The number of nitrogens with zero attached hydrogens (tertiary/aromatic N) is 2. The van der Waals surface area contributed by atoms with Crippen molar-refractivity contribution in [2.45, 2.75) is 65.6 Å². The number of rotatable bonds is 15. The highest BCUT2D eigenvalue weighted by molar-refractivity contribution is 7.92. The number of carbonyl (C=O) groups excluding carboxylic acids is 2. The summed E-state index contributed by atoms with van der Waals surface area (Å²) in [5, 5.41) is 2.99. The first kappa shape index (κ1) is 32.7. The summed E-state index contributed by atoms with van der Waals surface area (Å²) in [6, 6.07) is 23.6. The normalized spacial score (nSPS) is 12.0. The summed E-state index contributed by atoms with van der Waals surface area (Å²) in [6.45, 7) is 8.55. The maximum absolute atomic E-state index is 13.9. The second-order valence-corrected chi connectivity index (χ2v) is 12.7. The SMILES string of the molecule is CCOc1ccc(N(CCCC(=O)N(Cc2cccc(C)c2)[C@H](Cc2ccccc2)C(=O)NC(C)C)S(C)(=O)=O)cc1. The number of aryl methyl sites for hydroxylation is 1. The maximum Gasteiger partial charge on any atom is 0.243 e. The van der Waals surface area contributed by atoms with E-state index in [9.17, 15) is 18.0 Å². The average molecular weight is 594 g/mol. The molecule has 0 bridgehead atoms. The lowest BCUT2D eigenvalue weighted by Crippen LogP contribution is -2.51. The molecular formula is C33H43N3O5S. The smallest absolute Gasteiger partial charge is 0.243 e. The fourth-order valence-corrected chi connectivity index (χ4v) is 5.79. The minimum absolute atomic E-state index is 0.0785. The standard InChI is InChI=1S/C33H43N3O5S/c1-6-41-30-19-17-29(18-20-30)36(42(5,39)40)21-11-16-32(37)35(24-28-15-10-12-26(4)22-28)31(33(38)34-25(2)3)23-27-13-8-7-9-14-27/h7-10,12-15,17-20,22,25,31H,6,11,16,21,23-24H2,1-5H3,(H,34,38)/t31-/m1/s1. The Bertz CT molecular complexity index is 1410. The molecule has 3 aromatic rings. The number of carbonyl (C=O) groups is 2. The van der Waals surface area contributed by atoms with Crippen molar-refractivity contribution in [1.82, 2.24) is 10.2 Å². The molecule has 0 aliphatic heterocycles. The first-order valence-corrected chi connectivity index (χ1v) is 16.2. The van der Waals surface area contributed by atoms with E-state index >= 15 is 0 Å². The van der Waals surface area contributed by atoms with Gasteiger partial charge in [0.25, 0.3) is 0 Å². The zero-order chi connectivity index (χ0) is 30.7. The fraction of sp³-hybridized carbons (Fsp3) is 0.394. The van der Waals surface area contributed by atoms with Gasteiger partial charge in [-0.05, 0) is 69.5 Å². The lowest BCUT2D eigenvalue weighted by atomic mass is 10.0. The largest absolute Gasteiger partial charge is 0.494 e. The van der Waals surface area contributed by atoms with Crippen molar-refractivity contribution >= 4 is 27.5 Å². The van der Waals surface area contributed by atoms with E-state index in [1.807, 2.05) is 82.3 Å². The highest BCUT2D eigenvalue weighted by Crippen LogP contribution is 2.23. The number of hydrogen-bond donors (Lipinski definition) is 1. The van der Waals surface area contributed by atoms with E-state index in [0.717, 1.165) is 22.9 Å². The van der Waals surface area contributed by atoms with Crippen LogP contribution in [0.25, 0.3) is 0 Å². The minimum atomic E-state index is -3.60. The molecule has 0 radical (unpaired) electrons. The summed E-state index contributed by atoms with van der Waals surface area (Å²) in [5.74, 6) is 0.222. The molecule has 3 aromatic carbocycles. The monoisotopic (exact) mass is 593 g/mol. The molecule has 0 aromatic heterocycles. The average Bonchev–Trinajstić information content (AvgIpc) is 2.93. The van der Waals surface area contributed by atoms with Crippen molar-refractivity contribution in [2.75, 3.05) is 23.7 Å². The molecule has 0 fully saturated rings. The van der Waals surface area contributed by atoms with Crippen molar-refractivity contribution in [3.05, 3.63) is 95.6 Å². The van der Waals surface area contributed by atoms with Gasteiger partial charge in [0.1, 0.15) is 11.8 Å². The number of amides is 2. The molecule has 2 amide bonds. The quantitative estimate of drug-likeness (QED) is 0.264. The minimum Gasteiger partial charge on any atom is -0.494 e. The number of benzene rings is 3. The molecule has 0 heterocycles. The molecule has 226 valence electrons. The van der Waals surface area contributed by atoms with Gasteiger partial charge in [-0.1, -0.05) is 60.2 Å². The first-order chi connectivity index (χ1) is 20.0. The Kier molecular flexibility index (Phi) is 12.0. The predicted octanol–water partition coefficient (Wildman–Crippen LogP) is 5.10. The van der Waals surface area contributed by atoms with E-state index in [1.165, 1.54) is 4.31 Å². The van der Waals surface area contributed by atoms with Crippen LogP contribution in [0.5, 0.6) is 5.75 Å². The summed E-state index contributed by atoms with van der Waals surface area (Å²) < 4.78 is 32.1. The van der Waals surface area contributed by atoms with Crippen LogP contribution in [0.4, 0.5) is 5.69 Å². The van der Waals surface area contributed by atoms with Gasteiger partial charge in [0.2, 0.25) is 21.8 Å². The highest BCUT2D eigenvalue weighted by Gasteiger charge is 2.31. The number of hydrogen-bond acceptors (Lipinski definition) is 5. The Morgan fingerprint density at radius 2 is 1.60 bits per heavy atom. The van der Waals surface area contributed by atoms with Gasteiger partial charge in [0.15, 0.2) is 0 Å². The van der Waals surface area contributed by atoms with Crippen molar-refractivity contribution in [3.8, 4) is 5.75 Å². The molecule has 42 heavy (non-hydrogen) atoms. The molecule has 0 saturated heterocycles. The lowest BCUT2D eigenvalue weighted by Gasteiger charge is -2.32. The first-order valence-electron chi connectivity index (χ1n) is 14.4. The summed E-state index contributed by atoms with van der Waals surface area (Å²) >= 11 is 0. The predicted molar refractivity (Wildman–Crippen MR) is 168 cm³/mol. The van der Waals surface area contributed by atoms with Crippen molar-refractivity contribution in [1.29, 1.82) is 0 Å². The molecule has 0 saturated carbocycles. The van der Waals surface area contributed by atoms with Gasteiger partial charge < -0.3 is 15.0 Å². The van der Waals surface area contributed by atoms with Crippen LogP contribution < -0.4 is 14.4 Å². The van der Waals surface area contributed by atoms with Crippen LogP contribution in [0.15, 0.2) is 78.9 Å². The Balaban J connectivity index is 1.86. The Labute approximate surface area is 250 Å². The second kappa shape index (κ2) is 15.4. The van der Waals surface area contributed by atoms with Gasteiger partial charge in [-0.2, -0.15) is 0 Å². The van der Waals surface area contributed by atoms with Crippen molar-refractivity contribution < 1.29 is 22.7 Å². The van der Waals surface area contributed by atoms with Gasteiger partial charge in [-0.15, -0.1) is 0 Å². The van der Waals surface area contributed by atoms with E-state index in [0.29, 0.717) is 24.5 Å². The van der Waals surface area contributed by atoms with Crippen molar-refractivity contribution in [2.24, 2.45) is 0 Å².